The minimum absolute atomic E-state index is 0.462. The number of nitrogens with zero attached hydrogens (tertiary/aromatic N) is 2. The van der Waals surface area contributed by atoms with E-state index in [1.54, 1.807) is 11.8 Å². The zero-order valence-corrected chi connectivity index (χ0v) is 10.9. The average molecular weight is 316 g/mol. The lowest BCUT2D eigenvalue weighted by Gasteiger charge is -2.21. The average Bonchev–Trinajstić information content (AvgIpc) is 2.42. The fraction of sp³-hybridized carbons (Fsp3) is 0.600. The van der Waals surface area contributed by atoms with E-state index in [9.17, 15) is 17.7 Å². The first-order chi connectivity index (χ1) is 9.34. The molecule has 20 heavy (non-hydrogen) atoms. The standard InChI is InChI=1S/C5H2F4N2O.C5H10O2S/c6-5(7,8)3-1-2-10-4(11-3)12-9;6-4-1-2-8-3-5(4)7/h1-2H;4-7H,1-3H2. The maximum atomic E-state index is 11.8. The van der Waals surface area contributed by atoms with E-state index >= 15 is 0 Å². The summed E-state index contributed by atoms with van der Waals surface area (Å²) in [5.41, 5.74) is -1.25. The topological polar surface area (TPSA) is 75.5 Å². The van der Waals surface area contributed by atoms with Crippen molar-refractivity contribution < 1.29 is 32.9 Å². The van der Waals surface area contributed by atoms with Crippen LogP contribution in [0.4, 0.5) is 17.7 Å². The molecule has 1 aromatic heterocycles. The van der Waals surface area contributed by atoms with Crippen LogP contribution in [-0.4, -0.2) is 43.9 Å². The van der Waals surface area contributed by atoms with Crippen LogP contribution in [0.3, 0.4) is 0 Å². The molecule has 0 aromatic carbocycles. The Morgan fingerprint density at radius 3 is 2.45 bits per heavy atom. The minimum atomic E-state index is -4.61. The number of alkyl halides is 3. The van der Waals surface area contributed by atoms with Gasteiger partial charge in [-0.3, -0.25) is 4.94 Å². The molecule has 1 fully saturated rings. The molecule has 2 N–H and O–H groups in total. The van der Waals surface area contributed by atoms with Crippen molar-refractivity contribution >= 4 is 11.8 Å². The summed E-state index contributed by atoms with van der Waals surface area (Å²) in [6.07, 6.45) is -4.06. The Hall–Kier alpha value is -1.13. The van der Waals surface area contributed by atoms with E-state index in [-0.39, 0.29) is 0 Å². The van der Waals surface area contributed by atoms with E-state index in [0.717, 1.165) is 18.4 Å². The summed E-state index contributed by atoms with van der Waals surface area (Å²) in [6.45, 7) is 0. The highest BCUT2D eigenvalue weighted by Gasteiger charge is 2.33. The highest BCUT2D eigenvalue weighted by atomic mass is 32.2. The molecule has 5 nitrogen and oxygen atoms in total. The van der Waals surface area contributed by atoms with Crippen LogP contribution in [0.15, 0.2) is 12.3 Å². The predicted molar refractivity (Wildman–Crippen MR) is 62.7 cm³/mol. The van der Waals surface area contributed by atoms with Gasteiger partial charge in [-0.25, -0.2) is 4.98 Å². The normalized spacial score (nSPS) is 22.7. The Morgan fingerprint density at radius 2 is 2.00 bits per heavy atom. The molecule has 2 atom stereocenters. The predicted octanol–water partition coefficient (Wildman–Crippen LogP) is 1.60. The largest absolute Gasteiger partial charge is 0.433 e. The smallest absolute Gasteiger partial charge is 0.390 e. The van der Waals surface area contributed by atoms with E-state index in [4.69, 9.17) is 10.2 Å². The molecule has 0 saturated carbocycles. The Balaban J connectivity index is 0.000000217. The third-order valence-electron chi connectivity index (χ3n) is 2.28. The molecule has 114 valence electrons. The molecule has 10 heteroatoms. The number of aliphatic hydroxyl groups excluding tert-OH is 2. The third-order valence-corrected chi connectivity index (χ3v) is 3.39. The number of hydrogen-bond donors (Lipinski definition) is 2. The summed E-state index contributed by atoms with van der Waals surface area (Å²) >= 11 is 1.70. The van der Waals surface area contributed by atoms with E-state index in [2.05, 4.69) is 14.9 Å². The Bertz CT molecular complexity index is 412. The van der Waals surface area contributed by atoms with Gasteiger partial charge in [-0.2, -0.15) is 29.9 Å². The molecular formula is C10H12F4N2O3S. The lowest BCUT2D eigenvalue weighted by atomic mass is 10.2. The monoisotopic (exact) mass is 316 g/mol. The van der Waals surface area contributed by atoms with Crippen LogP contribution in [0.25, 0.3) is 0 Å². The molecule has 2 rings (SSSR count). The number of rotatable bonds is 1. The maximum Gasteiger partial charge on any atom is 0.433 e. The summed E-state index contributed by atoms with van der Waals surface area (Å²) in [4.78, 5) is 8.72. The molecule has 1 aliphatic heterocycles. The van der Waals surface area contributed by atoms with Crippen molar-refractivity contribution in [3.63, 3.8) is 0 Å². The summed E-state index contributed by atoms with van der Waals surface area (Å²) in [5, 5.41) is 17.8. The molecule has 0 radical (unpaired) electrons. The molecule has 1 saturated heterocycles. The van der Waals surface area contributed by atoms with Crippen molar-refractivity contribution in [2.24, 2.45) is 0 Å². The van der Waals surface area contributed by atoms with Crippen LogP contribution in [0.1, 0.15) is 12.1 Å². The summed E-state index contributed by atoms with van der Waals surface area (Å²) in [6, 6.07) is -0.340. The van der Waals surface area contributed by atoms with Gasteiger partial charge in [0.2, 0.25) is 0 Å². The quantitative estimate of drug-likeness (QED) is 0.767. The molecule has 0 bridgehead atoms. The van der Waals surface area contributed by atoms with Crippen molar-refractivity contribution in [2.75, 3.05) is 11.5 Å². The first-order valence-electron chi connectivity index (χ1n) is 5.47. The SMILES string of the molecule is FOc1nccc(C(F)(F)F)n1.OC1CCSCC1O. The van der Waals surface area contributed by atoms with Crippen molar-refractivity contribution in [1.82, 2.24) is 9.97 Å². The van der Waals surface area contributed by atoms with E-state index < -0.39 is 30.1 Å². The second kappa shape index (κ2) is 7.60. The first kappa shape index (κ1) is 16.9. The van der Waals surface area contributed by atoms with Crippen molar-refractivity contribution in [3.05, 3.63) is 18.0 Å². The van der Waals surface area contributed by atoms with Crippen LogP contribution in [0, 0.1) is 0 Å². The molecule has 0 amide bonds. The third kappa shape index (κ3) is 5.47. The van der Waals surface area contributed by atoms with Crippen molar-refractivity contribution in [3.8, 4) is 6.01 Å². The van der Waals surface area contributed by atoms with Gasteiger partial charge in [-0.15, -0.1) is 0 Å². The summed E-state index contributed by atoms with van der Waals surface area (Å²) in [7, 11) is 0. The zero-order chi connectivity index (χ0) is 15.2. The Labute approximate surface area is 115 Å². The second-order valence-electron chi connectivity index (χ2n) is 3.80. The minimum Gasteiger partial charge on any atom is -0.390 e. The summed E-state index contributed by atoms with van der Waals surface area (Å²) in [5.74, 6) is 1.68. The molecule has 0 spiro atoms. The van der Waals surface area contributed by atoms with Crippen LogP contribution in [-0.2, 0) is 6.18 Å². The molecule has 1 aliphatic rings. The van der Waals surface area contributed by atoms with Crippen molar-refractivity contribution in [2.45, 2.75) is 24.8 Å². The van der Waals surface area contributed by atoms with E-state index in [0.29, 0.717) is 11.8 Å². The van der Waals surface area contributed by atoms with Gasteiger partial charge in [0.1, 0.15) is 0 Å². The highest BCUT2D eigenvalue weighted by molar-refractivity contribution is 7.99. The van der Waals surface area contributed by atoms with Crippen molar-refractivity contribution in [1.29, 1.82) is 0 Å². The molecule has 2 heterocycles. The molecular weight excluding hydrogens is 304 g/mol. The maximum absolute atomic E-state index is 11.8. The first-order valence-corrected chi connectivity index (χ1v) is 6.62. The van der Waals surface area contributed by atoms with Crippen LogP contribution in [0.5, 0.6) is 6.01 Å². The van der Waals surface area contributed by atoms with Gasteiger partial charge >= 0.3 is 12.2 Å². The number of aliphatic hydroxyl groups is 2. The van der Waals surface area contributed by atoms with Gasteiger partial charge in [0, 0.05) is 16.5 Å². The Morgan fingerprint density at radius 1 is 1.30 bits per heavy atom. The van der Waals surface area contributed by atoms with Crippen LogP contribution < -0.4 is 4.94 Å². The van der Waals surface area contributed by atoms with Gasteiger partial charge < -0.3 is 10.2 Å². The number of aromatic nitrogens is 2. The molecule has 2 unspecified atom stereocenters. The molecule has 1 aromatic rings. The van der Waals surface area contributed by atoms with Gasteiger partial charge in [0.15, 0.2) is 5.69 Å². The van der Waals surface area contributed by atoms with E-state index in [1.807, 2.05) is 0 Å². The number of halogens is 4. The van der Waals surface area contributed by atoms with Gasteiger partial charge in [0.05, 0.1) is 12.2 Å². The molecule has 0 aliphatic carbocycles. The lowest BCUT2D eigenvalue weighted by molar-refractivity contribution is -0.142. The van der Waals surface area contributed by atoms with Gasteiger partial charge in [-0.1, -0.05) is 0 Å². The van der Waals surface area contributed by atoms with Gasteiger partial charge in [0.25, 0.3) is 0 Å². The second-order valence-corrected chi connectivity index (χ2v) is 4.95. The Kier molecular flexibility index (Phi) is 6.43. The lowest BCUT2D eigenvalue weighted by Crippen LogP contribution is -2.32. The fourth-order valence-corrected chi connectivity index (χ4v) is 2.29. The van der Waals surface area contributed by atoms with Crippen LogP contribution in [0.2, 0.25) is 0 Å². The zero-order valence-electron chi connectivity index (χ0n) is 10.0. The summed E-state index contributed by atoms with van der Waals surface area (Å²) < 4.78 is 46.8. The van der Waals surface area contributed by atoms with Crippen LogP contribution >= 0.6 is 11.8 Å². The van der Waals surface area contributed by atoms with E-state index in [1.165, 1.54) is 0 Å². The number of thioether (sulfide) groups is 1. The highest BCUT2D eigenvalue weighted by Crippen LogP contribution is 2.27. The van der Waals surface area contributed by atoms with Gasteiger partial charge in [-0.05, 0) is 18.2 Å². The number of hydrogen-bond acceptors (Lipinski definition) is 6. The fourth-order valence-electron chi connectivity index (χ4n) is 1.25.